The smallest absolute Gasteiger partial charge is 0.220 e. The number of nitrogens with one attached hydrogen (secondary N) is 1. The Morgan fingerprint density at radius 3 is 2.70 bits per heavy atom. The Morgan fingerprint density at radius 1 is 1.35 bits per heavy atom. The molecule has 0 saturated carbocycles. The molecule has 1 aromatic rings. The molecule has 2 rings (SSSR count). The Balaban J connectivity index is 1.86. The molecular formula is C17H24N2O. The number of amides is 1. The van der Waals surface area contributed by atoms with Crippen LogP contribution in [0.1, 0.15) is 30.9 Å². The Kier molecular flexibility index (Phi) is 5.36. The van der Waals surface area contributed by atoms with Gasteiger partial charge in [-0.25, -0.2) is 0 Å². The van der Waals surface area contributed by atoms with E-state index in [-0.39, 0.29) is 11.9 Å². The summed E-state index contributed by atoms with van der Waals surface area (Å²) < 4.78 is 0. The highest BCUT2D eigenvalue weighted by Crippen LogP contribution is 2.20. The normalized spacial score (nSPS) is 19.2. The SMILES string of the molecule is CN(C)[C@H](CNC(=O)C[C@H]1C=CCC1)c1ccccc1. The van der Waals surface area contributed by atoms with Gasteiger partial charge in [0, 0.05) is 13.0 Å². The summed E-state index contributed by atoms with van der Waals surface area (Å²) in [7, 11) is 4.09. The Hall–Kier alpha value is -1.61. The average molecular weight is 272 g/mol. The minimum atomic E-state index is 0.157. The zero-order valence-corrected chi connectivity index (χ0v) is 12.4. The van der Waals surface area contributed by atoms with E-state index in [9.17, 15) is 4.79 Å². The second-order valence-electron chi connectivity index (χ2n) is 5.66. The van der Waals surface area contributed by atoms with Crippen molar-refractivity contribution in [3.05, 3.63) is 48.0 Å². The Morgan fingerprint density at radius 2 is 2.10 bits per heavy atom. The van der Waals surface area contributed by atoms with E-state index in [2.05, 4.69) is 34.5 Å². The number of hydrogen-bond donors (Lipinski definition) is 1. The molecule has 3 heteroatoms. The largest absolute Gasteiger partial charge is 0.354 e. The van der Waals surface area contributed by atoms with E-state index >= 15 is 0 Å². The van der Waals surface area contributed by atoms with Crippen LogP contribution in [0.3, 0.4) is 0 Å². The molecule has 0 heterocycles. The first-order valence-corrected chi connectivity index (χ1v) is 7.31. The van der Waals surface area contributed by atoms with Gasteiger partial charge in [0.2, 0.25) is 5.91 Å². The summed E-state index contributed by atoms with van der Waals surface area (Å²) in [5.41, 5.74) is 1.23. The molecular weight excluding hydrogens is 248 g/mol. The predicted molar refractivity (Wildman–Crippen MR) is 82.4 cm³/mol. The fourth-order valence-electron chi connectivity index (χ4n) is 2.66. The van der Waals surface area contributed by atoms with Crippen LogP contribution in [0.25, 0.3) is 0 Å². The second-order valence-corrected chi connectivity index (χ2v) is 5.66. The Labute approximate surface area is 121 Å². The molecule has 1 aliphatic rings. The number of likely N-dealkylation sites (N-methyl/N-ethyl adjacent to an activating group) is 1. The summed E-state index contributed by atoms with van der Waals surface area (Å²) >= 11 is 0. The Bertz CT molecular complexity index is 453. The first-order chi connectivity index (χ1) is 9.66. The van der Waals surface area contributed by atoms with Gasteiger partial charge in [-0.3, -0.25) is 4.79 Å². The molecule has 0 fully saturated rings. The molecule has 0 saturated heterocycles. The zero-order valence-electron chi connectivity index (χ0n) is 12.4. The number of hydrogen-bond acceptors (Lipinski definition) is 2. The van der Waals surface area contributed by atoms with E-state index in [4.69, 9.17) is 0 Å². The van der Waals surface area contributed by atoms with E-state index in [1.807, 2.05) is 32.3 Å². The van der Waals surface area contributed by atoms with Gasteiger partial charge in [-0.1, -0.05) is 42.5 Å². The van der Waals surface area contributed by atoms with Gasteiger partial charge in [0.1, 0.15) is 0 Å². The number of benzene rings is 1. The fourth-order valence-corrected chi connectivity index (χ4v) is 2.66. The standard InChI is InChI=1S/C17H24N2O/c1-19(2)16(15-10-4-3-5-11-15)13-18-17(20)12-14-8-6-7-9-14/h3-6,8,10-11,14,16H,7,9,12-13H2,1-2H3,(H,18,20)/t14-,16+/m0/s1. The van der Waals surface area contributed by atoms with Gasteiger partial charge in [0.15, 0.2) is 0 Å². The minimum absolute atomic E-state index is 0.157. The lowest BCUT2D eigenvalue weighted by molar-refractivity contribution is -0.121. The molecule has 20 heavy (non-hydrogen) atoms. The van der Waals surface area contributed by atoms with Crippen molar-refractivity contribution in [1.82, 2.24) is 10.2 Å². The van der Waals surface area contributed by atoms with Crippen LogP contribution in [0.15, 0.2) is 42.5 Å². The van der Waals surface area contributed by atoms with Crippen LogP contribution in [0.2, 0.25) is 0 Å². The lowest BCUT2D eigenvalue weighted by atomic mass is 10.0. The van der Waals surface area contributed by atoms with E-state index in [0.717, 1.165) is 12.8 Å². The summed E-state index contributed by atoms with van der Waals surface area (Å²) in [5, 5.41) is 3.07. The summed E-state index contributed by atoms with van der Waals surface area (Å²) in [6, 6.07) is 10.5. The molecule has 1 amide bonds. The number of allylic oxidation sites excluding steroid dienone is 2. The van der Waals surface area contributed by atoms with Gasteiger partial charge >= 0.3 is 0 Å². The van der Waals surface area contributed by atoms with Crippen molar-refractivity contribution in [2.24, 2.45) is 5.92 Å². The lowest BCUT2D eigenvalue weighted by Gasteiger charge is -2.25. The first-order valence-electron chi connectivity index (χ1n) is 7.31. The van der Waals surface area contributed by atoms with Crippen molar-refractivity contribution in [3.8, 4) is 0 Å². The summed E-state index contributed by atoms with van der Waals surface area (Å²) in [6.45, 7) is 0.659. The van der Waals surface area contributed by atoms with Crippen molar-refractivity contribution < 1.29 is 4.79 Å². The van der Waals surface area contributed by atoms with Gasteiger partial charge < -0.3 is 10.2 Å². The summed E-state index contributed by atoms with van der Waals surface area (Å²) in [6.07, 6.45) is 7.18. The van der Waals surface area contributed by atoms with E-state index in [0.29, 0.717) is 18.9 Å². The second kappa shape index (κ2) is 7.25. The lowest BCUT2D eigenvalue weighted by Crippen LogP contribution is -2.35. The molecule has 0 unspecified atom stereocenters. The number of carbonyl (C=O) groups is 1. The molecule has 1 N–H and O–H groups in total. The number of carbonyl (C=O) groups excluding carboxylic acids is 1. The van der Waals surface area contributed by atoms with Gasteiger partial charge in [-0.15, -0.1) is 0 Å². The van der Waals surface area contributed by atoms with Crippen LogP contribution in [-0.2, 0) is 4.79 Å². The molecule has 0 aromatic heterocycles. The predicted octanol–water partition coefficient (Wildman–Crippen LogP) is 2.76. The van der Waals surface area contributed by atoms with Crippen LogP contribution < -0.4 is 5.32 Å². The van der Waals surface area contributed by atoms with Crippen molar-refractivity contribution in [3.63, 3.8) is 0 Å². The molecule has 0 bridgehead atoms. The maximum atomic E-state index is 12.0. The van der Waals surface area contributed by atoms with Crippen LogP contribution in [-0.4, -0.2) is 31.4 Å². The molecule has 3 nitrogen and oxygen atoms in total. The van der Waals surface area contributed by atoms with Crippen LogP contribution in [0.4, 0.5) is 0 Å². The number of nitrogens with zero attached hydrogens (tertiary/aromatic N) is 1. The van der Waals surface area contributed by atoms with Gasteiger partial charge in [-0.2, -0.15) is 0 Å². The maximum Gasteiger partial charge on any atom is 0.220 e. The molecule has 1 aliphatic carbocycles. The van der Waals surface area contributed by atoms with Crippen LogP contribution >= 0.6 is 0 Å². The van der Waals surface area contributed by atoms with E-state index < -0.39 is 0 Å². The van der Waals surface area contributed by atoms with E-state index in [1.165, 1.54) is 5.56 Å². The third kappa shape index (κ3) is 4.20. The number of rotatable bonds is 6. The topological polar surface area (TPSA) is 32.3 Å². The van der Waals surface area contributed by atoms with Crippen molar-refractivity contribution in [2.75, 3.05) is 20.6 Å². The zero-order chi connectivity index (χ0) is 14.4. The quantitative estimate of drug-likeness (QED) is 0.808. The maximum absolute atomic E-state index is 12.0. The highest BCUT2D eigenvalue weighted by molar-refractivity contribution is 5.76. The van der Waals surface area contributed by atoms with Gasteiger partial charge in [0.25, 0.3) is 0 Å². The van der Waals surface area contributed by atoms with Gasteiger partial charge in [-0.05, 0) is 38.4 Å². The van der Waals surface area contributed by atoms with Crippen molar-refractivity contribution in [2.45, 2.75) is 25.3 Å². The highest BCUT2D eigenvalue weighted by atomic mass is 16.1. The minimum Gasteiger partial charge on any atom is -0.354 e. The molecule has 0 spiro atoms. The molecule has 0 radical (unpaired) electrons. The van der Waals surface area contributed by atoms with Crippen LogP contribution in [0.5, 0.6) is 0 Å². The first kappa shape index (κ1) is 14.8. The van der Waals surface area contributed by atoms with Crippen molar-refractivity contribution >= 4 is 5.91 Å². The average Bonchev–Trinajstić information content (AvgIpc) is 2.92. The molecule has 2 atom stereocenters. The summed E-state index contributed by atoms with van der Waals surface area (Å²) in [4.78, 5) is 14.1. The molecule has 1 aromatic carbocycles. The summed E-state index contributed by atoms with van der Waals surface area (Å²) in [5.74, 6) is 0.592. The molecule has 108 valence electrons. The van der Waals surface area contributed by atoms with Gasteiger partial charge in [0.05, 0.1) is 6.04 Å². The van der Waals surface area contributed by atoms with Crippen LogP contribution in [0, 0.1) is 5.92 Å². The van der Waals surface area contributed by atoms with Crippen molar-refractivity contribution in [1.29, 1.82) is 0 Å². The third-order valence-corrected chi connectivity index (χ3v) is 3.86. The monoisotopic (exact) mass is 272 g/mol. The molecule has 0 aliphatic heterocycles. The van der Waals surface area contributed by atoms with E-state index in [1.54, 1.807) is 0 Å². The third-order valence-electron chi connectivity index (χ3n) is 3.86. The highest BCUT2D eigenvalue weighted by Gasteiger charge is 2.17. The fraction of sp³-hybridized carbons (Fsp3) is 0.471.